The Kier molecular flexibility index (Phi) is 3.95. The van der Waals surface area contributed by atoms with Crippen LogP contribution in [0.5, 0.6) is 0 Å². The van der Waals surface area contributed by atoms with Gasteiger partial charge in [-0.1, -0.05) is 12.1 Å². The number of rotatable bonds is 3. The first-order chi connectivity index (χ1) is 8.69. The zero-order chi connectivity index (χ0) is 13.0. The quantitative estimate of drug-likeness (QED) is 0.860. The van der Waals surface area contributed by atoms with Crippen molar-refractivity contribution in [3.63, 3.8) is 0 Å². The molecule has 0 saturated heterocycles. The Morgan fingerprint density at radius 1 is 1.28 bits per heavy atom. The molecule has 2 aromatic rings. The van der Waals surface area contributed by atoms with Crippen LogP contribution in [0.25, 0.3) is 0 Å². The van der Waals surface area contributed by atoms with Crippen LogP contribution in [0.1, 0.15) is 21.6 Å². The first kappa shape index (κ1) is 12.6. The summed E-state index contributed by atoms with van der Waals surface area (Å²) >= 11 is 5.70. The lowest BCUT2D eigenvalue weighted by atomic mass is 10.1. The second-order valence-corrected chi connectivity index (χ2v) is 4.24. The van der Waals surface area contributed by atoms with Gasteiger partial charge in [0.15, 0.2) is 0 Å². The van der Waals surface area contributed by atoms with Crippen LogP contribution in [-0.2, 0) is 5.88 Å². The highest BCUT2D eigenvalue weighted by Crippen LogP contribution is 2.11. The minimum absolute atomic E-state index is 0.137. The van der Waals surface area contributed by atoms with Gasteiger partial charge in [-0.2, -0.15) is 0 Å². The second-order valence-electron chi connectivity index (χ2n) is 3.97. The van der Waals surface area contributed by atoms with Crippen molar-refractivity contribution in [3.05, 3.63) is 59.4 Å². The molecule has 1 aromatic heterocycles. The molecule has 18 heavy (non-hydrogen) atoms. The Morgan fingerprint density at radius 3 is 2.61 bits per heavy atom. The number of alkyl halides is 1. The van der Waals surface area contributed by atoms with E-state index in [-0.39, 0.29) is 5.91 Å². The van der Waals surface area contributed by atoms with Gasteiger partial charge in [0.1, 0.15) is 0 Å². The highest BCUT2D eigenvalue weighted by Gasteiger charge is 2.05. The number of carbonyl (C=O) groups excluding carboxylic acids is 1. The highest BCUT2D eigenvalue weighted by molar-refractivity contribution is 6.17. The fourth-order valence-electron chi connectivity index (χ4n) is 1.57. The molecule has 0 unspecified atom stereocenters. The first-order valence-electron chi connectivity index (χ1n) is 5.58. The number of anilines is 1. The van der Waals surface area contributed by atoms with Crippen LogP contribution in [0, 0.1) is 6.92 Å². The monoisotopic (exact) mass is 260 g/mol. The molecule has 0 spiro atoms. The van der Waals surface area contributed by atoms with Gasteiger partial charge < -0.3 is 5.32 Å². The van der Waals surface area contributed by atoms with Crippen LogP contribution in [0.3, 0.4) is 0 Å². The number of aromatic nitrogens is 1. The molecule has 1 amide bonds. The zero-order valence-electron chi connectivity index (χ0n) is 9.98. The summed E-state index contributed by atoms with van der Waals surface area (Å²) < 4.78 is 0. The van der Waals surface area contributed by atoms with E-state index in [1.54, 1.807) is 24.4 Å². The lowest BCUT2D eigenvalue weighted by molar-refractivity contribution is 0.102. The van der Waals surface area contributed by atoms with E-state index in [2.05, 4.69) is 10.3 Å². The van der Waals surface area contributed by atoms with Gasteiger partial charge in [0.25, 0.3) is 5.91 Å². The van der Waals surface area contributed by atoms with Crippen molar-refractivity contribution < 1.29 is 4.79 Å². The molecule has 0 aliphatic carbocycles. The number of nitrogens with zero attached hydrogens (tertiary/aromatic N) is 1. The lowest BCUT2D eigenvalue weighted by Crippen LogP contribution is -2.12. The number of benzene rings is 1. The SMILES string of the molecule is Cc1cc(NC(=O)c2ccc(CCl)cc2)ccn1. The molecule has 1 aromatic carbocycles. The number of carbonyl (C=O) groups is 1. The van der Waals surface area contributed by atoms with Crippen LogP contribution < -0.4 is 5.32 Å². The smallest absolute Gasteiger partial charge is 0.255 e. The molecule has 0 bridgehead atoms. The van der Waals surface area contributed by atoms with Gasteiger partial charge in [-0.05, 0) is 36.8 Å². The number of aryl methyl sites for hydroxylation is 1. The van der Waals surface area contributed by atoms with Gasteiger partial charge in [-0.3, -0.25) is 9.78 Å². The summed E-state index contributed by atoms with van der Waals surface area (Å²) in [6, 6.07) is 10.8. The molecule has 0 fully saturated rings. The second kappa shape index (κ2) is 5.65. The molecule has 0 aliphatic heterocycles. The molecule has 1 N–H and O–H groups in total. The number of halogens is 1. The molecule has 92 valence electrons. The average Bonchev–Trinajstić information content (AvgIpc) is 2.39. The largest absolute Gasteiger partial charge is 0.322 e. The van der Waals surface area contributed by atoms with E-state index in [0.29, 0.717) is 11.4 Å². The van der Waals surface area contributed by atoms with E-state index in [1.165, 1.54) is 0 Å². The van der Waals surface area contributed by atoms with Crippen LogP contribution in [0.15, 0.2) is 42.6 Å². The summed E-state index contributed by atoms with van der Waals surface area (Å²) in [5, 5.41) is 2.82. The van der Waals surface area contributed by atoms with E-state index in [1.807, 2.05) is 25.1 Å². The van der Waals surface area contributed by atoms with Crippen molar-refractivity contribution >= 4 is 23.2 Å². The van der Waals surface area contributed by atoms with Crippen molar-refractivity contribution in [1.29, 1.82) is 0 Å². The van der Waals surface area contributed by atoms with Gasteiger partial charge in [0.2, 0.25) is 0 Å². The van der Waals surface area contributed by atoms with E-state index < -0.39 is 0 Å². The number of pyridine rings is 1. The third-order valence-corrected chi connectivity index (χ3v) is 2.83. The van der Waals surface area contributed by atoms with Crippen LogP contribution >= 0.6 is 11.6 Å². The Bertz CT molecular complexity index is 552. The fourth-order valence-corrected chi connectivity index (χ4v) is 1.75. The standard InChI is InChI=1S/C14H13ClN2O/c1-10-8-13(6-7-16-10)17-14(18)12-4-2-11(9-15)3-5-12/h2-8H,9H2,1H3,(H,16,17,18). The predicted molar refractivity (Wildman–Crippen MR) is 72.9 cm³/mol. The van der Waals surface area contributed by atoms with Crippen molar-refractivity contribution in [2.45, 2.75) is 12.8 Å². The summed E-state index contributed by atoms with van der Waals surface area (Å²) in [6.07, 6.45) is 1.67. The van der Waals surface area contributed by atoms with Gasteiger partial charge in [0.05, 0.1) is 0 Å². The molecular weight excluding hydrogens is 248 g/mol. The maximum absolute atomic E-state index is 12.0. The minimum atomic E-state index is -0.137. The van der Waals surface area contributed by atoms with E-state index in [4.69, 9.17) is 11.6 Å². The minimum Gasteiger partial charge on any atom is -0.322 e. The third-order valence-electron chi connectivity index (χ3n) is 2.52. The summed E-state index contributed by atoms with van der Waals surface area (Å²) in [5.74, 6) is 0.313. The topological polar surface area (TPSA) is 42.0 Å². The molecule has 0 radical (unpaired) electrons. The van der Waals surface area contributed by atoms with Crippen molar-refractivity contribution in [2.75, 3.05) is 5.32 Å². The average molecular weight is 261 g/mol. The van der Waals surface area contributed by atoms with Gasteiger partial charge >= 0.3 is 0 Å². The maximum atomic E-state index is 12.0. The van der Waals surface area contributed by atoms with E-state index >= 15 is 0 Å². The number of nitrogens with one attached hydrogen (secondary N) is 1. The molecule has 0 aliphatic rings. The van der Waals surface area contributed by atoms with Crippen LogP contribution in [0.4, 0.5) is 5.69 Å². The van der Waals surface area contributed by atoms with Crippen molar-refractivity contribution in [1.82, 2.24) is 4.98 Å². The van der Waals surface area contributed by atoms with Gasteiger partial charge in [0, 0.05) is 29.0 Å². The Balaban J connectivity index is 2.11. The van der Waals surface area contributed by atoms with Gasteiger partial charge in [-0.15, -0.1) is 11.6 Å². The van der Waals surface area contributed by atoms with Crippen LogP contribution in [0.2, 0.25) is 0 Å². The summed E-state index contributed by atoms with van der Waals surface area (Å²) in [5.41, 5.74) is 3.21. The summed E-state index contributed by atoms with van der Waals surface area (Å²) in [4.78, 5) is 16.0. The molecule has 3 nitrogen and oxygen atoms in total. The molecule has 4 heteroatoms. The molecule has 1 heterocycles. The number of hydrogen-bond acceptors (Lipinski definition) is 2. The third kappa shape index (κ3) is 3.08. The Labute approximate surface area is 111 Å². The predicted octanol–water partition coefficient (Wildman–Crippen LogP) is 3.38. The maximum Gasteiger partial charge on any atom is 0.255 e. The normalized spacial score (nSPS) is 10.1. The molecule has 2 rings (SSSR count). The molecule has 0 atom stereocenters. The van der Waals surface area contributed by atoms with E-state index in [9.17, 15) is 4.79 Å². The highest BCUT2D eigenvalue weighted by atomic mass is 35.5. The van der Waals surface area contributed by atoms with E-state index in [0.717, 1.165) is 16.9 Å². The number of hydrogen-bond donors (Lipinski definition) is 1. The molecular formula is C14H13ClN2O. The number of amides is 1. The molecule has 0 saturated carbocycles. The van der Waals surface area contributed by atoms with Crippen molar-refractivity contribution in [3.8, 4) is 0 Å². The van der Waals surface area contributed by atoms with Crippen LogP contribution in [-0.4, -0.2) is 10.9 Å². The fraction of sp³-hybridized carbons (Fsp3) is 0.143. The Hall–Kier alpha value is -1.87. The lowest BCUT2D eigenvalue weighted by Gasteiger charge is -2.06. The van der Waals surface area contributed by atoms with Crippen molar-refractivity contribution in [2.24, 2.45) is 0 Å². The van der Waals surface area contributed by atoms with Gasteiger partial charge in [-0.25, -0.2) is 0 Å². The Morgan fingerprint density at radius 2 is 2.00 bits per heavy atom. The first-order valence-corrected chi connectivity index (χ1v) is 6.11. The zero-order valence-corrected chi connectivity index (χ0v) is 10.7. The summed E-state index contributed by atoms with van der Waals surface area (Å²) in [6.45, 7) is 1.88. The summed E-state index contributed by atoms with van der Waals surface area (Å²) in [7, 11) is 0.